The number of hydrogen-bond donors (Lipinski definition) is 1. The van der Waals surface area contributed by atoms with Crippen LogP contribution in [-0.4, -0.2) is 49.9 Å². The van der Waals surface area contributed by atoms with Crippen LogP contribution in [0.25, 0.3) is 0 Å². The van der Waals surface area contributed by atoms with Gasteiger partial charge in [0.25, 0.3) is 0 Å². The molecule has 2 atom stereocenters. The van der Waals surface area contributed by atoms with Crippen LogP contribution < -0.4 is 10.1 Å². The van der Waals surface area contributed by atoms with Crippen LogP contribution in [0.3, 0.4) is 0 Å². The lowest BCUT2D eigenvalue weighted by Gasteiger charge is -2.34. The van der Waals surface area contributed by atoms with E-state index in [9.17, 15) is 4.79 Å². The molecule has 2 aliphatic heterocycles. The third-order valence-corrected chi connectivity index (χ3v) is 4.32. The van der Waals surface area contributed by atoms with E-state index in [1.165, 1.54) is 5.56 Å². The molecule has 1 N–H and O–H groups in total. The minimum atomic E-state index is 0.0549. The van der Waals surface area contributed by atoms with E-state index in [4.69, 9.17) is 9.47 Å². The Balaban J connectivity index is 1.47. The highest BCUT2D eigenvalue weighted by atomic mass is 16.5. The van der Waals surface area contributed by atoms with Gasteiger partial charge >= 0.3 is 6.03 Å². The highest BCUT2D eigenvalue weighted by Crippen LogP contribution is 2.28. The van der Waals surface area contributed by atoms with Crippen molar-refractivity contribution in [3.63, 3.8) is 0 Å². The molecule has 3 rings (SSSR count). The SMILES string of the molecule is COc1ccc(CCNC(=O)N2[C@@H]3CC[C@@H]2COC3)cc1. The second kappa shape index (κ2) is 6.35. The molecule has 2 bridgehead atoms. The van der Waals surface area contributed by atoms with E-state index in [0.717, 1.165) is 25.0 Å². The lowest BCUT2D eigenvalue weighted by molar-refractivity contribution is 0.00645. The Hall–Kier alpha value is -1.75. The lowest BCUT2D eigenvalue weighted by Crippen LogP contribution is -2.53. The van der Waals surface area contributed by atoms with Crippen molar-refractivity contribution in [2.75, 3.05) is 26.9 Å². The summed E-state index contributed by atoms with van der Waals surface area (Å²) in [5, 5.41) is 3.03. The Kier molecular flexibility index (Phi) is 4.29. The van der Waals surface area contributed by atoms with Crippen molar-refractivity contribution in [3.8, 4) is 5.75 Å². The van der Waals surface area contributed by atoms with Gasteiger partial charge in [0.1, 0.15) is 5.75 Å². The molecule has 2 fully saturated rings. The van der Waals surface area contributed by atoms with Gasteiger partial charge in [-0.2, -0.15) is 0 Å². The maximum atomic E-state index is 12.3. The normalized spacial score (nSPS) is 24.0. The number of rotatable bonds is 4. The van der Waals surface area contributed by atoms with Gasteiger partial charge in [-0.25, -0.2) is 4.79 Å². The zero-order valence-electron chi connectivity index (χ0n) is 12.4. The zero-order chi connectivity index (χ0) is 14.7. The smallest absolute Gasteiger partial charge is 0.318 e. The van der Waals surface area contributed by atoms with E-state index < -0.39 is 0 Å². The lowest BCUT2D eigenvalue weighted by atomic mass is 10.1. The molecule has 2 amide bonds. The topological polar surface area (TPSA) is 50.8 Å². The predicted molar refractivity (Wildman–Crippen MR) is 79.6 cm³/mol. The summed E-state index contributed by atoms with van der Waals surface area (Å²) >= 11 is 0. The van der Waals surface area contributed by atoms with Gasteiger partial charge in [-0.3, -0.25) is 0 Å². The fourth-order valence-electron chi connectivity index (χ4n) is 3.16. The average molecular weight is 290 g/mol. The second-order valence-electron chi connectivity index (χ2n) is 5.66. The molecule has 0 spiro atoms. The minimum Gasteiger partial charge on any atom is -0.497 e. The molecule has 2 saturated heterocycles. The first kappa shape index (κ1) is 14.2. The summed E-state index contributed by atoms with van der Waals surface area (Å²) in [6.07, 6.45) is 2.96. The number of hydrogen-bond acceptors (Lipinski definition) is 3. The van der Waals surface area contributed by atoms with Crippen molar-refractivity contribution in [2.45, 2.75) is 31.3 Å². The fourth-order valence-corrected chi connectivity index (χ4v) is 3.16. The number of ether oxygens (including phenoxy) is 2. The van der Waals surface area contributed by atoms with Gasteiger partial charge < -0.3 is 19.7 Å². The molecule has 5 heteroatoms. The van der Waals surface area contributed by atoms with Crippen molar-refractivity contribution < 1.29 is 14.3 Å². The van der Waals surface area contributed by atoms with Gasteiger partial charge in [-0.15, -0.1) is 0 Å². The number of nitrogens with one attached hydrogen (secondary N) is 1. The molecular weight excluding hydrogens is 268 g/mol. The quantitative estimate of drug-likeness (QED) is 0.920. The molecule has 1 aromatic rings. The minimum absolute atomic E-state index is 0.0549. The first-order chi connectivity index (χ1) is 10.3. The van der Waals surface area contributed by atoms with Crippen molar-refractivity contribution in [1.82, 2.24) is 10.2 Å². The molecule has 0 unspecified atom stereocenters. The number of urea groups is 1. The first-order valence-electron chi connectivity index (χ1n) is 7.55. The molecule has 0 aliphatic carbocycles. The Bertz CT molecular complexity index is 473. The Morgan fingerprint density at radius 3 is 2.57 bits per heavy atom. The summed E-state index contributed by atoms with van der Waals surface area (Å²) in [5.41, 5.74) is 1.20. The van der Waals surface area contributed by atoms with Crippen LogP contribution in [0.4, 0.5) is 4.79 Å². The zero-order valence-corrected chi connectivity index (χ0v) is 12.4. The Labute approximate surface area is 125 Å². The summed E-state index contributed by atoms with van der Waals surface area (Å²) in [7, 11) is 1.66. The number of carbonyl (C=O) groups is 1. The third-order valence-electron chi connectivity index (χ3n) is 4.32. The second-order valence-corrected chi connectivity index (χ2v) is 5.66. The van der Waals surface area contributed by atoms with Crippen LogP contribution in [0.1, 0.15) is 18.4 Å². The number of nitrogens with zero attached hydrogens (tertiary/aromatic N) is 1. The fraction of sp³-hybridized carbons (Fsp3) is 0.562. The van der Waals surface area contributed by atoms with Gasteiger partial charge in [0, 0.05) is 6.54 Å². The molecule has 0 radical (unpaired) electrons. The number of morpholine rings is 1. The van der Waals surface area contributed by atoms with Crippen molar-refractivity contribution >= 4 is 6.03 Å². The predicted octanol–water partition coefficient (Wildman–Crippen LogP) is 1.81. The monoisotopic (exact) mass is 290 g/mol. The maximum Gasteiger partial charge on any atom is 0.318 e. The van der Waals surface area contributed by atoms with E-state index in [0.29, 0.717) is 19.8 Å². The maximum absolute atomic E-state index is 12.3. The van der Waals surface area contributed by atoms with Crippen molar-refractivity contribution in [2.24, 2.45) is 0 Å². The molecule has 2 aliphatic rings. The molecule has 0 saturated carbocycles. The standard InChI is InChI=1S/C16H22N2O3/c1-20-15-6-2-12(3-7-15)8-9-17-16(19)18-13-4-5-14(18)11-21-10-13/h2-3,6-7,13-14H,4-5,8-11H2,1H3,(H,17,19)/t13-,14-/m1/s1. The largest absolute Gasteiger partial charge is 0.497 e. The van der Waals surface area contributed by atoms with Gasteiger partial charge in [0.05, 0.1) is 32.4 Å². The van der Waals surface area contributed by atoms with Crippen LogP contribution >= 0.6 is 0 Å². The average Bonchev–Trinajstić information content (AvgIpc) is 2.77. The third kappa shape index (κ3) is 3.13. The van der Waals surface area contributed by atoms with E-state index in [1.807, 2.05) is 29.2 Å². The van der Waals surface area contributed by atoms with Gasteiger partial charge in [-0.1, -0.05) is 12.1 Å². The molecule has 0 aromatic heterocycles. The van der Waals surface area contributed by atoms with Crippen molar-refractivity contribution in [1.29, 1.82) is 0 Å². The Morgan fingerprint density at radius 2 is 1.95 bits per heavy atom. The van der Waals surface area contributed by atoms with Crippen LogP contribution in [0, 0.1) is 0 Å². The Morgan fingerprint density at radius 1 is 1.29 bits per heavy atom. The number of amides is 2. The summed E-state index contributed by atoms with van der Waals surface area (Å²) < 4.78 is 10.6. The molecule has 21 heavy (non-hydrogen) atoms. The van der Waals surface area contributed by atoms with Crippen LogP contribution in [0.15, 0.2) is 24.3 Å². The van der Waals surface area contributed by atoms with Crippen LogP contribution in [-0.2, 0) is 11.2 Å². The highest BCUT2D eigenvalue weighted by Gasteiger charge is 2.40. The van der Waals surface area contributed by atoms with E-state index in [1.54, 1.807) is 7.11 Å². The molecule has 5 nitrogen and oxygen atoms in total. The summed E-state index contributed by atoms with van der Waals surface area (Å²) in [4.78, 5) is 14.3. The molecule has 114 valence electrons. The highest BCUT2D eigenvalue weighted by molar-refractivity contribution is 5.75. The van der Waals surface area contributed by atoms with E-state index >= 15 is 0 Å². The van der Waals surface area contributed by atoms with Gasteiger partial charge in [0.15, 0.2) is 0 Å². The van der Waals surface area contributed by atoms with E-state index in [-0.39, 0.29) is 18.1 Å². The van der Waals surface area contributed by atoms with Gasteiger partial charge in [0.2, 0.25) is 0 Å². The number of methoxy groups -OCH3 is 1. The molecule has 2 heterocycles. The number of benzene rings is 1. The summed E-state index contributed by atoms with van der Waals surface area (Å²) in [6.45, 7) is 2.02. The summed E-state index contributed by atoms with van der Waals surface area (Å²) in [6, 6.07) is 8.54. The van der Waals surface area contributed by atoms with Crippen LogP contribution in [0.2, 0.25) is 0 Å². The summed E-state index contributed by atoms with van der Waals surface area (Å²) in [5.74, 6) is 0.854. The van der Waals surface area contributed by atoms with Gasteiger partial charge in [-0.05, 0) is 37.0 Å². The first-order valence-corrected chi connectivity index (χ1v) is 7.55. The molecular formula is C16H22N2O3. The van der Waals surface area contributed by atoms with E-state index in [2.05, 4.69) is 5.32 Å². The van der Waals surface area contributed by atoms with Crippen molar-refractivity contribution in [3.05, 3.63) is 29.8 Å². The molecule has 1 aromatic carbocycles. The van der Waals surface area contributed by atoms with Crippen LogP contribution in [0.5, 0.6) is 5.75 Å². The number of carbonyl (C=O) groups excluding carboxylic acids is 1. The number of fused-ring (bicyclic) bond motifs is 2.